The number of carbonyl (C=O) groups excluding carboxylic acids is 1. The van der Waals surface area contributed by atoms with E-state index in [0.717, 1.165) is 31.3 Å². The lowest BCUT2D eigenvalue weighted by Crippen LogP contribution is -2.30. The van der Waals surface area contributed by atoms with Crippen LogP contribution < -0.4 is 0 Å². The highest BCUT2D eigenvalue weighted by atomic mass is 16.2. The number of amides is 1. The first-order valence-corrected chi connectivity index (χ1v) is 7.44. The first kappa shape index (κ1) is 12.9. The van der Waals surface area contributed by atoms with Crippen molar-refractivity contribution in [3.05, 3.63) is 0 Å². The minimum Gasteiger partial charge on any atom is -0.343 e. The Bertz CT molecular complexity index is 248. The molecule has 1 aliphatic heterocycles. The SMILES string of the molecule is CC(C)C1CCC(CC(=O)N2CCCC2)CC1. The molecule has 0 bridgehead atoms. The van der Waals surface area contributed by atoms with Gasteiger partial charge in [0.2, 0.25) is 5.91 Å². The molecular weight excluding hydrogens is 210 g/mol. The summed E-state index contributed by atoms with van der Waals surface area (Å²) in [5.41, 5.74) is 0. The summed E-state index contributed by atoms with van der Waals surface area (Å²) in [4.78, 5) is 14.1. The number of carbonyl (C=O) groups is 1. The zero-order valence-electron chi connectivity index (χ0n) is 11.5. The second-order valence-corrected chi connectivity index (χ2v) is 6.32. The van der Waals surface area contributed by atoms with Crippen molar-refractivity contribution in [2.45, 2.75) is 58.8 Å². The molecule has 0 spiro atoms. The van der Waals surface area contributed by atoms with Crippen molar-refractivity contribution in [3.8, 4) is 0 Å². The fourth-order valence-corrected chi connectivity index (χ4v) is 3.40. The average Bonchev–Trinajstić information content (AvgIpc) is 2.83. The summed E-state index contributed by atoms with van der Waals surface area (Å²) in [5.74, 6) is 2.84. The summed E-state index contributed by atoms with van der Waals surface area (Å²) in [6.07, 6.45) is 8.50. The highest BCUT2D eigenvalue weighted by Crippen LogP contribution is 2.35. The van der Waals surface area contributed by atoms with Crippen LogP contribution in [0.3, 0.4) is 0 Å². The molecule has 1 amide bonds. The Morgan fingerprint density at radius 1 is 1.12 bits per heavy atom. The van der Waals surface area contributed by atoms with Crippen LogP contribution in [-0.4, -0.2) is 23.9 Å². The van der Waals surface area contributed by atoms with Crippen LogP contribution in [0.5, 0.6) is 0 Å². The molecule has 1 aliphatic carbocycles. The minimum absolute atomic E-state index is 0.426. The number of hydrogen-bond donors (Lipinski definition) is 0. The molecule has 17 heavy (non-hydrogen) atoms. The van der Waals surface area contributed by atoms with Crippen LogP contribution in [0.15, 0.2) is 0 Å². The summed E-state index contributed by atoms with van der Waals surface area (Å²) in [6, 6.07) is 0. The molecule has 0 aromatic rings. The normalized spacial score (nSPS) is 29.9. The van der Waals surface area contributed by atoms with Gasteiger partial charge in [-0.1, -0.05) is 13.8 Å². The number of hydrogen-bond acceptors (Lipinski definition) is 1. The van der Waals surface area contributed by atoms with Gasteiger partial charge in [-0.05, 0) is 56.3 Å². The maximum atomic E-state index is 12.1. The van der Waals surface area contributed by atoms with Gasteiger partial charge >= 0.3 is 0 Å². The van der Waals surface area contributed by atoms with Gasteiger partial charge in [0.25, 0.3) is 0 Å². The van der Waals surface area contributed by atoms with Gasteiger partial charge in [-0.2, -0.15) is 0 Å². The van der Waals surface area contributed by atoms with Crippen LogP contribution in [0.25, 0.3) is 0 Å². The second-order valence-electron chi connectivity index (χ2n) is 6.32. The Labute approximate surface area is 106 Å². The molecule has 0 atom stereocenters. The van der Waals surface area contributed by atoms with Crippen molar-refractivity contribution in [2.24, 2.45) is 17.8 Å². The van der Waals surface area contributed by atoms with Crippen LogP contribution in [0.2, 0.25) is 0 Å². The molecule has 98 valence electrons. The van der Waals surface area contributed by atoms with E-state index in [2.05, 4.69) is 18.7 Å². The van der Waals surface area contributed by atoms with Gasteiger partial charge in [0.15, 0.2) is 0 Å². The molecule has 2 fully saturated rings. The van der Waals surface area contributed by atoms with E-state index >= 15 is 0 Å². The van der Waals surface area contributed by atoms with Gasteiger partial charge in [-0.25, -0.2) is 0 Å². The van der Waals surface area contributed by atoms with E-state index < -0.39 is 0 Å². The lowest BCUT2D eigenvalue weighted by Gasteiger charge is -2.31. The third kappa shape index (κ3) is 3.46. The number of rotatable bonds is 3. The van der Waals surface area contributed by atoms with E-state index in [1.807, 2.05) is 0 Å². The van der Waals surface area contributed by atoms with Gasteiger partial charge in [-0.3, -0.25) is 4.79 Å². The zero-order valence-corrected chi connectivity index (χ0v) is 11.5. The molecule has 2 nitrogen and oxygen atoms in total. The summed E-state index contributed by atoms with van der Waals surface area (Å²) >= 11 is 0. The molecule has 0 aromatic carbocycles. The molecule has 1 saturated heterocycles. The summed E-state index contributed by atoms with van der Waals surface area (Å²) in [5, 5.41) is 0. The first-order chi connectivity index (χ1) is 8.16. The molecule has 0 N–H and O–H groups in total. The smallest absolute Gasteiger partial charge is 0.222 e. The quantitative estimate of drug-likeness (QED) is 0.736. The van der Waals surface area contributed by atoms with Gasteiger partial charge in [-0.15, -0.1) is 0 Å². The molecule has 2 aliphatic rings. The maximum Gasteiger partial charge on any atom is 0.222 e. The van der Waals surface area contributed by atoms with Gasteiger partial charge in [0, 0.05) is 19.5 Å². The van der Waals surface area contributed by atoms with E-state index in [1.165, 1.54) is 38.5 Å². The van der Waals surface area contributed by atoms with Crippen molar-refractivity contribution < 1.29 is 4.79 Å². The lowest BCUT2D eigenvalue weighted by molar-refractivity contribution is -0.131. The Hall–Kier alpha value is -0.530. The number of nitrogens with zero attached hydrogens (tertiary/aromatic N) is 1. The molecule has 2 rings (SSSR count). The van der Waals surface area contributed by atoms with Gasteiger partial charge < -0.3 is 4.90 Å². The van der Waals surface area contributed by atoms with E-state index in [1.54, 1.807) is 0 Å². The molecule has 2 heteroatoms. The largest absolute Gasteiger partial charge is 0.343 e. The maximum absolute atomic E-state index is 12.1. The predicted molar refractivity (Wildman–Crippen MR) is 70.7 cm³/mol. The topological polar surface area (TPSA) is 20.3 Å². The minimum atomic E-state index is 0.426. The third-order valence-electron chi connectivity index (χ3n) is 4.76. The second kappa shape index (κ2) is 5.88. The van der Waals surface area contributed by atoms with Crippen LogP contribution in [0.1, 0.15) is 58.8 Å². The Morgan fingerprint density at radius 2 is 1.71 bits per heavy atom. The average molecular weight is 237 g/mol. The van der Waals surface area contributed by atoms with Crippen molar-refractivity contribution in [1.82, 2.24) is 4.90 Å². The summed E-state index contributed by atoms with van der Waals surface area (Å²) < 4.78 is 0. The van der Waals surface area contributed by atoms with Crippen LogP contribution >= 0.6 is 0 Å². The van der Waals surface area contributed by atoms with Crippen molar-refractivity contribution >= 4 is 5.91 Å². The summed E-state index contributed by atoms with van der Waals surface area (Å²) in [7, 11) is 0. The van der Waals surface area contributed by atoms with Crippen molar-refractivity contribution in [3.63, 3.8) is 0 Å². The molecule has 0 aromatic heterocycles. The van der Waals surface area contributed by atoms with Crippen LogP contribution in [0, 0.1) is 17.8 Å². The molecule has 1 saturated carbocycles. The predicted octanol–water partition coefficient (Wildman–Crippen LogP) is 3.46. The van der Waals surface area contributed by atoms with E-state index in [0.29, 0.717) is 11.8 Å². The molecule has 1 heterocycles. The Morgan fingerprint density at radius 3 is 2.24 bits per heavy atom. The van der Waals surface area contributed by atoms with Gasteiger partial charge in [0.05, 0.1) is 0 Å². The Kier molecular flexibility index (Phi) is 4.47. The van der Waals surface area contributed by atoms with E-state index in [-0.39, 0.29) is 0 Å². The number of likely N-dealkylation sites (tertiary alicyclic amines) is 1. The molecular formula is C15H27NO. The van der Waals surface area contributed by atoms with Crippen molar-refractivity contribution in [2.75, 3.05) is 13.1 Å². The van der Waals surface area contributed by atoms with Crippen LogP contribution in [-0.2, 0) is 4.79 Å². The fourth-order valence-electron chi connectivity index (χ4n) is 3.40. The van der Waals surface area contributed by atoms with Crippen LogP contribution in [0.4, 0.5) is 0 Å². The zero-order chi connectivity index (χ0) is 12.3. The Balaban J connectivity index is 1.72. The highest BCUT2D eigenvalue weighted by Gasteiger charge is 2.27. The molecule has 0 radical (unpaired) electrons. The molecule has 0 unspecified atom stereocenters. The van der Waals surface area contributed by atoms with E-state index in [4.69, 9.17) is 0 Å². The summed E-state index contributed by atoms with van der Waals surface area (Å²) in [6.45, 7) is 6.70. The third-order valence-corrected chi connectivity index (χ3v) is 4.76. The highest BCUT2D eigenvalue weighted by molar-refractivity contribution is 5.76. The van der Waals surface area contributed by atoms with E-state index in [9.17, 15) is 4.79 Å². The lowest BCUT2D eigenvalue weighted by atomic mass is 9.76. The standard InChI is InChI=1S/C15H27NO/c1-12(2)14-7-5-13(6-8-14)11-15(17)16-9-3-4-10-16/h12-14H,3-11H2,1-2H3. The first-order valence-electron chi connectivity index (χ1n) is 7.44. The van der Waals surface area contributed by atoms with Gasteiger partial charge in [0.1, 0.15) is 0 Å². The van der Waals surface area contributed by atoms with Crippen molar-refractivity contribution in [1.29, 1.82) is 0 Å². The fraction of sp³-hybridized carbons (Fsp3) is 0.933. The monoisotopic (exact) mass is 237 g/mol.